The van der Waals surface area contributed by atoms with E-state index in [1.165, 1.54) is 12.8 Å². The molecule has 0 heterocycles. The van der Waals surface area contributed by atoms with Crippen LogP contribution in [-0.4, -0.2) is 30.4 Å². The summed E-state index contributed by atoms with van der Waals surface area (Å²) < 4.78 is 0. The summed E-state index contributed by atoms with van der Waals surface area (Å²) in [6.45, 7) is 7.10. The average Bonchev–Trinajstić information content (AvgIpc) is 2.98. The summed E-state index contributed by atoms with van der Waals surface area (Å²) in [4.78, 5) is 13.9. The Kier molecular flexibility index (Phi) is 4.36. The fourth-order valence-electron chi connectivity index (χ4n) is 1.99. The number of hydrogen-bond acceptors (Lipinski definition) is 2. The normalized spacial score (nSPS) is 18.3. The van der Waals surface area contributed by atoms with Crippen LogP contribution in [0.2, 0.25) is 0 Å². The quantitative estimate of drug-likeness (QED) is 0.779. The van der Waals surface area contributed by atoms with Crippen LogP contribution in [0, 0.1) is 11.3 Å². The van der Waals surface area contributed by atoms with E-state index in [1.54, 1.807) is 0 Å². The third kappa shape index (κ3) is 4.12. The van der Waals surface area contributed by atoms with Crippen molar-refractivity contribution in [3.8, 4) is 0 Å². The van der Waals surface area contributed by atoms with Crippen molar-refractivity contribution in [1.82, 2.24) is 4.90 Å². The highest BCUT2D eigenvalue weighted by atomic mass is 16.2. The van der Waals surface area contributed by atoms with Gasteiger partial charge in [0, 0.05) is 26.1 Å². The lowest BCUT2D eigenvalue weighted by molar-refractivity contribution is -0.132. The van der Waals surface area contributed by atoms with E-state index in [0.717, 1.165) is 6.42 Å². The first kappa shape index (κ1) is 13.5. The second-order valence-corrected chi connectivity index (χ2v) is 6.21. The van der Waals surface area contributed by atoms with Crippen LogP contribution in [0.15, 0.2) is 0 Å². The maximum atomic E-state index is 12.0. The van der Waals surface area contributed by atoms with Crippen molar-refractivity contribution < 1.29 is 4.79 Å². The van der Waals surface area contributed by atoms with Gasteiger partial charge >= 0.3 is 0 Å². The minimum absolute atomic E-state index is 0.230. The zero-order valence-electron chi connectivity index (χ0n) is 11.1. The van der Waals surface area contributed by atoms with Crippen molar-refractivity contribution >= 4 is 5.91 Å². The van der Waals surface area contributed by atoms with Crippen LogP contribution < -0.4 is 5.73 Å². The average molecular weight is 226 g/mol. The van der Waals surface area contributed by atoms with Gasteiger partial charge in [-0.05, 0) is 30.6 Å². The predicted molar refractivity (Wildman–Crippen MR) is 67.0 cm³/mol. The highest BCUT2D eigenvalue weighted by Gasteiger charge is 2.34. The minimum Gasteiger partial charge on any atom is -0.341 e. The van der Waals surface area contributed by atoms with E-state index >= 15 is 0 Å². The monoisotopic (exact) mass is 226 g/mol. The van der Waals surface area contributed by atoms with Gasteiger partial charge in [0.25, 0.3) is 0 Å². The van der Waals surface area contributed by atoms with E-state index in [-0.39, 0.29) is 17.4 Å². The van der Waals surface area contributed by atoms with Crippen LogP contribution in [0.25, 0.3) is 0 Å². The standard InChI is InChI=1S/C13H26N2O/c1-13(2,3)8-7-12(16)15(4)11(9-14)10-5-6-10/h10-11H,5-9,14H2,1-4H3. The van der Waals surface area contributed by atoms with Crippen molar-refractivity contribution in [3.05, 3.63) is 0 Å². The SMILES string of the molecule is CN(C(=O)CCC(C)(C)C)C(CN)C1CC1. The van der Waals surface area contributed by atoms with E-state index < -0.39 is 0 Å². The summed E-state index contributed by atoms with van der Waals surface area (Å²) in [7, 11) is 1.90. The van der Waals surface area contributed by atoms with Crippen molar-refractivity contribution in [3.63, 3.8) is 0 Å². The summed E-state index contributed by atoms with van der Waals surface area (Å²) in [5.41, 5.74) is 5.97. The Bertz CT molecular complexity index is 241. The van der Waals surface area contributed by atoms with Gasteiger partial charge in [0.2, 0.25) is 5.91 Å². The van der Waals surface area contributed by atoms with Crippen molar-refractivity contribution in [2.45, 2.75) is 52.5 Å². The molecule has 0 aromatic carbocycles. The van der Waals surface area contributed by atoms with E-state index in [1.807, 2.05) is 11.9 Å². The van der Waals surface area contributed by atoms with Crippen LogP contribution in [0.1, 0.15) is 46.5 Å². The topological polar surface area (TPSA) is 46.3 Å². The Hall–Kier alpha value is -0.570. The highest BCUT2D eigenvalue weighted by Crippen LogP contribution is 2.35. The summed E-state index contributed by atoms with van der Waals surface area (Å²) in [5, 5.41) is 0. The second kappa shape index (κ2) is 5.17. The summed E-state index contributed by atoms with van der Waals surface area (Å²) >= 11 is 0. The fourth-order valence-corrected chi connectivity index (χ4v) is 1.99. The molecule has 0 aromatic rings. The van der Waals surface area contributed by atoms with Gasteiger partial charge in [-0.2, -0.15) is 0 Å². The van der Waals surface area contributed by atoms with Crippen LogP contribution in [0.3, 0.4) is 0 Å². The summed E-state index contributed by atoms with van der Waals surface area (Å²) in [5.74, 6) is 0.908. The smallest absolute Gasteiger partial charge is 0.222 e. The molecule has 1 aliphatic carbocycles. The molecule has 0 aliphatic heterocycles. The molecule has 1 rings (SSSR count). The van der Waals surface area contributed by atoms with Gasteiger partial charge in [0.1, 0.15) is 0 Å². The van der Waals surface area contributed by atoms with Gasteiger partial charge < -0.3 is 10.6 Å². The van der Waals surface area contributed by atoms with Crippen LogP contribution in [0.4, 0.5) is 0 Å². The molecule has 0 saturated heterocycles. The van der Waals surface area contributed by atoms with Gasteiger partial charge in [-0.3, -0.25) is 4.79 Å². The summed E-state index contributed by atoms with van der Waals surface area (Å²) in [6.07, 6.45) is 4.05. The first-order valence-corrected chi connectivity index (χ1v) is 6.31. The van der Waals surface area contributed by atoms with Crippen molar-refractivity contribution in [2.75, 3.05) is 13.6 Å². The van der Waals surface area contributed by atoms with Gasteiger partial charge in [0.05, 0.1) is 0 Å². The van der Waals surface area contributed by atoms with Gasteiger partial charge in [-0.15, -0.1) is 0 Å². The van der Waals surface area contributed by atoms with Crippen LogP contribution in [-0.2, 0) is 4.79 Å². The molecule has 3 nitrogen and oxygen atoms in total. The number of nitrogens with zero attached hydrogens (tertiary/aromatic N) is 1. The zero-order valence-corrected chi connectivity index (χ0v) is 11.1. The zero-order chi connectivity index (χ0) is 12.3. The largest absolute Gasteiger partial charge is 0.341 e. The fraction of sp³-hybridized carbons (Fsp3) is 0.923. The second-order valence-electron chi connectivity index (χ2n) is 6.21. The number of carbonyl (C=O) groups is 1. The molecule has 1 saturated carbocycles. The van der Waals surface area contributed by atoms with E-state index in [0.29, 0.717) is 18.9 Å². The molecule has 3 heteroatoms. The lowest BCUT2D eigenvalue weighted by atomic mass is 9.90. The maximum absolute atomic E-state index is 12.0. The van der Waals surface area contributed by atoms with Gasteiger partial charge in [-0.25, -0.2) is 0 Å². The third-order valence-corrected chi connectivity index (χ3v) is 3.39. The third-order valence-electron chi connectivity index (χ3n) is 3.39. The van der Waals surface area contributed by atoms with Crippen molar-refractivity contribution in [1.29, 1.82) is 0 Å². The summed E-state index contributed by atoms with van der Waals surface area (Å²) in [6, 6.07) is 0.271. The first-order valence-electron chi connectivity index (χ1n) is 6.31. The number of carbonyl (C=O) groups excluding carboxylic acids is 1. The molecule has 2 N–H and O–H groups in total. The Labute approximate surface area is 99.4 Å². The maximum Gasteiger partial charge on any atom is 0.222 e. The Balaban J connectivity index is 2.40. The van der Waals surface area contributed by atoms with E-state index in [4.69, 9.17) is 5.73 Å². The van der Waals surface area contributed by atoms with E-state index in [2.05, 4.69) is 20.8 Å². The molecule has 1 atom stereocenters. The lowest BCUT2D eigenvalue weighted by Crippen LogP contribution is -2.43. The predicted octanol–water partition coefficient (Wildman–Crippen LogP) is 2.01. The molecule has 0 radical (unpaired) electrons. The Morgan fingerprint density at radius 2 is 2.00 bits per heavy atom. The molecule has 1 fully saturated rings. The molecule has 1 unspecified atom stereocenters. The Morgan fingerprint density at radius 1 is 1.44 bits per heavy atom. The molecule has 1 aliphatic rings. The van der Waals surface area contributed by atoms with Crippen molar-refractivity contribution in [2.24, 2.45) is 17.1 Å². The first-order chi connectivity index (χ1) is 7.35. The molecular weight excluding hydrogens is 200 g/mol. The molecular formula is C13H26N2O. The van der Waals surface area contributed by atoms with Gasteiger partial charge in [-0.1, -0.05) is 20.8 Å². The molecule has 16 heavy (non-hydrogen) atoms. The molecule has 0 bridgehead atoms. The highest BCUT2D eigenvalue weighted by molar-refractivity contribution is 5.76. The lowest BCUT2D eigenvalue weighted by Gasteiger charge is -2.28. The van der Waals surface area contributed by atoms with E-state index in [9.17, 15) is 4.79 Å². The molecule has 1 amide bonds. The number of hydrogen-bond donors (Lipinski definition) is 1. The Morgan fingerprint density at radius 3 is 2.38 bits per heavy atom. The van der Waals surface area contributed by atoms with Crippen LogP contribution in [0.5, 0.6) is 0 Å². The number of rotatable bonds is 5. The number of amides is 1. The number of likely N-dealkylation sites (N-methyl/N-ethyl adjacent to an activating group) is 1. The van der Waals surface area contributed by atoms with Gasteiger partial charge in [0.15, 0.2) is 0 Å². The molecule has 0 spiro atoms. The molecule has 94 valence electrons. The minimum atomic E-state index is 0.230. The number of nitrogens with two attached hydrogens (primary N) is 1. The van der Waals surface area contributed by atoms with Crippen LogP contribution >= 0.6 is 0 Å². The molecule has 0 aromatic heterocycles.